The van der Waals surface area contributed by atoms with Crippen LogP contribution in [-0.2, 0) is 9.53 Å². The maximum Gasteiger partial charge on any atom is 0.339 e. The summed E-state index contributed by atoms with van der Waals surface area (Å²) in [6, 6.07) is 14.3. The molecule has 4 rings (SSSR count). The van der Waals surface area contributed by atoms with E-state index < -0.39 is 30.1 Å². The minimum atomic E-state index is -0.955. The minimum Gasteiger partial charge on any atom is -0.452 e. The summed E-state index contributed by atoms with van der Waals surface area (Å²) in [6.45, 7) is -0.719. The number of hydrogen-bond acceptors (Lipinski definition) is 5. The Morgan fingerprint density at radius 1 is 0.903 bits per heavy atom. The number of nitrogens with one attached hydrogen (secondary N) is 1. The highest BCUT2D eigenvalue weighted by Crippen LogP contribution is 2.29. The first-order valence-electron chi connectivity index (χ1n) is 9.10. The van der Waals surface area contributed by atoms with Gasteiger partial charge in [-0.2, -0.15) is 0 Å². The first-order chi connectivity index (χ1) is 14.9. The van der Waals surface area contributed by atoms with E-state index in [1.807, 2.05) is 0 Å². The molecule has 0 aliphatic heterocycles. The molecule has 8 heteroatoms. The van der Waals surface area contributed by atoms with Crippen molar-refractivity contribution in [1.82, 2.24) is 0 Å². The Morgan fingerprint density at radius 2 is 1.58 bits per heavy atom. The number of rotatable bonds is 4. The van der Waals surface area contributed by atoms with Gasteiger partial charge in [0.25, 0.3) is 5.91 Å². The summed E-state index contributed by atoms with van der Waals surface area (Å²) in [5.41, 5.74) is 0.216. The number of halogens is 2. The molecule has 3 aromatic rings. The molecule has 0 heterocycles. The van der Waals surface area contributed by atoms with E-state index in [1.165, 1.54) is 36.4 Å². The molecule has 6 nitrogen and oxygen atoms in total. The summed E-state index contributed by atoms with van der Waals surface area (Å²) in [5.74, 6) is -3.34. The molecule has 1 aliphatic rings. The van der Waals surface area contributed by atoms with Crippen LogP contribution < -0.4 is 5.32 Å². The highest BCUT2D eigenvalue weighted by atomic mass is 35.5. The van der Waals surface area contributed by atoms with Crippen LogP contribution in [-0.4, -0.2) is 30.0 Å². The number of anilines is 1. The molecule has 0 bridgehead atoms. The van der Waals surface area contributed by atoms with Crippen LogP contribution in [0.1, 0.15) is 42.2 Å². The summed E-state index contributed by atoms with van der Waals surface area (Å²) < 4.78 is 18.8. The Morgan fingerprint density at radius 3 is 2.29 bits per heavy atom. The normalized spacial score (nSPS) is 12.1. The largest absolute Gasteiger partial charge is 0.452 e. The molecule has 0 atom stereocenters. The second-order valence-electron chi connectivity index (χ2n) is 6.68. The molecular formula is C23H13ClFNO5. The molecule has 1 aliphatic carbocycles. The number of ether oxygens (including phenoxy) is 1. The van der Waals surface area contributed by atoms with Crippen LogP contribution in [0.4, 0.5) is 10.1 Å². The Balaban J connectivity index is 1.53. The molecule has 0 aromatic heterocycles. The van der Waals surface area contributed by atoms with Crippen LogP contribution >= 0.6 is 11.6 Å². The van der Waals surface area contributed by atoms with E-state index in [0.29, 0.717) is 0 Å². The highest BCUT2D eigenvalue weighted by molar-refractivity contribution is 6.31. The second-order valence-corrected chi connectivity index (χ2v) is 7.12. The molecule has 0 saturated carbocycles. The fourth-order valence-electron chi connectivity index (χ4n) is 3.30. The van der Waals surface area contributed by atoms with Crippen LogP contribution in [0.2, 0.25) is 5.02 Å². The van der Waals surface area contributed by atoms with Crippen molar-refractivity contribution in [3.05, 3.63) is 99.3 Å². The number of hydrogen-bond donors (Lipinski definition) is 1. The van der Waals surface area contributed by atoms with Crippen molar-refractivity contribution in [3.63, 3.8) is 0 Å². The van der Waals surface area contributed by atoms with Crippen molar-refractivity contribution in [2.75, 3.05) is 11.9 Å². The lowest BCUT2D eigenvalue weighted by Crippen LogP contribution is -2.26. The number of ketones is 2. The van der Waals surface area contributed by atoms with Gasteiger partial charge in [-0.1, -0.05) is 48.0 Å². The fraction of sp³-hybridized carbons (Fsp3) is 0.0435. The minimum absolute atomic E-state index is 0.0691. The van der Waals surface area contributed by atoms with Gasteiger partial charge in [0.2, 0.25) is 0 Å². The summed E-state index contributed by atoms with van der Waals surface area (Å²) in [5, 5.41) is 2.43. The van der Waals surface area contributed by atoms with Gasteiger partial charge in [-0.05, 0) is 24.3 Å². The number of amides is 1. The van der Waals surface area contributed by atoms with Gasteiger partial charge in [0.15, 0.2) is 18.2 Å². The van der Waals surface area contributed by atoms with E-state index in [0.717, 1.165) is 6.07 Å². The van der Waals surface area contributed by atoms with Crippen LogP contribution in [0.3, 0.4) is 0 Å². The standard InChI is InChI=1S/C23H13ClFNO5/c24-12-8-9-18(17(25)10-12)26-19(27)11-31-23(30)16-7-3-6-15-20(16)22(29)14-5-2-1-4-13(14)21(15)28/h1-10H,11H2,(H,26,27). The Kier molecular flexibility index (Phi) is 5.35. The maximum absolute atomic E-state index is 13.8. The van der Waals surface area contributed by atoms with Gasteiger partial charge in [-0.25, -0.2) is 9.18 Å². The quantitative estimate of drug-likeness (QED) is 0.486. The van der Waals surface area contributed by atoms with Crippen molar-refractivity contribution in [2.24, 2.45) is 0 Å². The molecule has 154 valence electrons. The van der Waals surface area contributed by atoms with E-state index in [9.17, 15) is 23.6 Å². The topological polar surface area (TPSA) is 89.5 Å². The number of esters is 1. The van der Waals surface area contributed by atoms with E-state index in [2.05, 4.69) is 5.32 Å². The van der Waals surface area contributed by atoms with Gasteiger partial charge in [0.1, 0.15) is 5.82 Å². The zero-order valence-electron chi connectivity index (χ0n) is 15.8. The Labute approximate surface area is 180 Å². The lowest BCUT2D eigenvalue weighted by Gasteiger charge is -2.19. The molecule has 0 spiro atoms. The zero-order valence-corrected chi connectivity index (χ0v) is 16.5. The van der Waals surface area contributed by atoms with Crippen molar-refractivity contribution < 1.29 is 28.3 Å². The molecular weight excluding hydrogens is 425 g/mol. The van der Waals surface area contributed by atoms with E-state index >= 15 is 0 Å². The average molecular weight is 438 g/mol. The number of benzene rings is 3. The van der Waals surface area contributed by atoms with Gasteiger partial charge >= 0.3 is 5.97 Å². The Hall–Kier alpha value is -3.84. The third-order valence-electron chi connectivity index (χ3n) is 4.71. The van der Waals surface area contributed by atoms with Gasteiger partial charge in [-0.3, -0.25) is 14.4 Å². The smallest absolute Gasteiger partial charge is 0.339 e. The van der Waals surface area contributed by atoms with Gasteiger partial charge in [0, 0.05) is 27.3 Å². The van der Waals surface area contributed by atoms with Crippen LogP contribution in [0.25, 0.3) is 0 Å². The summed E-state index contributed by atoms with van der Waals surface area (Å²) in [7, 11) is 0. The fourth-order valence-corrected chi connectivity index (χ4v) is 3.46. The highest BCUT2D eigenvalue weighted by Gasteiger charge is 2.33. The molecule has 3 aromatic carbocycles. The molecule has 1 N–H and O–H groups in total. The first kappa shape index (κ1) is 20.4. The molecule has 31 heavy (non-hydrogen) atoms. The van der Waals surface area contributed by atoms with Gasteiger partial charge in [0.05, 0.1) is 11.3 Å². The molecule has 0 saturated heterocycles. The SMILES string of the molecule is O=C(COC(=O)c1cccc2c1C(=O)c1ccccc1C2=O)Nc1ccc(Cl)cc1F. The number of fused-ring (bicyclic) bond motifs is 2. The van der Waals surface area contributed by atoms with Crippen LogP contribution in [0, 0.1) is 5.82 Å². The third kappa shape index (κ3) is 3.83. The molecule has 0 unspecified atom stereocenters. The first-order valence-corrected chi connectivity index (χ1v) is 9.48. The predicted octanol–water partition coefficient (Wildman–Crippen LogP) is 4.05. The van der Waals surface area contributed by atoms with Gasteiger partial charge in [-0.15, -0.1) is 0 Å². The molecule has 0 fully saturated rings. The van der Waals surface area contributed by atoms with Crippen LogP contribution in [0.5, 0.6) is 0 Å². The molecule has 1 amide bonds. The van der Waals surface area contributed by atoms with Crippen molar-refractivity contribution >= 4 is 40.7 Å². The maximum atomic E-state index is 13.8. The lowest BCUT2D eigenvalue weighted by atomic mass is 9.82. The monoisotopic (exact) mass is 437 g/mol. The lowest BCUT2D eigenvalue weighted by molar-refractivity contribution is -0.119. The summed E-state index contributed by atoms with van der Waals surface area (Å²) >= 11 is 5.66. The van der Waals surface area contributed by atoms with Gasteiger partial charge < -0.3 is 10.1 Å². The molecule has 0 radical (unpaired) electrons. The third-order valence-corrected chi connectivity index (χ3v) is 4.95. The number of carbonyl (C=O) groups is 4. The summed E-state index contributed by atoms with van der Waals surface area (Å²) in [6.07, 6.45) is 0. The predicted molar refractivity (Wildman–Crippen MR) is 110 cm³/mol. The van der Waals surface area contributed by atoms with E-state index in [4.69, 9.17) is 16.3 Å². The van der Waals surface area contributed by atoms with E-state index in [1.54, 1.807) is 18.2 Å². The van der Waals surface area contributed by atoms with Crippen molar-refractivity contribution in [1.29, 1.82) is 0 Å². The summed E-state index contributed by atoms with van der Waals surface area (Å²) in [4.78, 5) is 50.3. The average Bonchev–Trinajstić information content (AvgIpc) is 2.77. The van der Waals surface area contributed by atoms with Crippen molar-refractivity contribution in [3.8, 4) is 0 Å². The second kappa shape index (κ2) is 8.12. The van der Waals surface area contributed by atoms with E-state index in [-0.39, 0.29) is 44.3 Å². The van der Waals surface area contributed by atoms with Crippen LogP contribution in [0.15, 0.2) is 60.7 Å². The Bertz CT molecular complexity index is 1270. The zero-order chi connectivity index (χ0) is 22.1. The van der Waals surface area contributed by atoms with Crippen molar-refractivity contribution in [2.45, 2.75) is 0 Å². The number of carbonyl (C=O) groups excluding carboxylic acids is 4.